The number of benzene rings is 6. The number of para-hydroxylation sites is 1. The van der Waals surface area contributed by atoms with Gasteiger partial charge in [-0.05, 0) is 82.4 Å². The van der Waals surface area contributed by atoms with Gasteiger partial charge >= 0.3 is 12.1 Å². The van der Waals surface area contributed by atoms with Crippen molar-refractivity contribution in [2.75, 3.05) is 24.7 Å². The van der Waals surface area contributed by atoms with Crippen LogP contribution >= 0.6 is 0 Å². The number of non-ortho nitro benzene ring substituents is 1. The minimum Gasteiger partial charge on any atom is -0.491 e. The number of fused-ring (bicyclic) bond motifs is 4. The number of carbonyl (C=O) groups excluding carboxylic acids is 4. The second-order valence-corrected chi connectivity index (χ2v) is 17.3. The SMILES string of the molecule is C=CCNC(=O)C1C2C(=O)OC(c3ccccc3)C(c3ccccc3)N2C(c2ccc(OCCO)cc2)C12C(=O)N(C(=O)OCc1ccc([N+](=O)[O-])cc1)c1ccc(C#CCn3nnc4ccccc43)cc12. The molecule has 0 radical (unpaired) electrons. The van der Waals surface area contributed by atoms with Crippen LogP contribution in [0.1, 0.15) is 51.6 Å². The summed E-state index contributed by atoms with van der Waals surface area (Å²) in [7, 11) is 0. The van der Waals surface area contributed by atoms with Gasteiger partial charge in [0.05, 0.1) is 40.7 Å². The van der Waals surface area contributed by atoms with E-state index in [-0.39, 0.29) is 49.8 Å². The predicted octanol–water partition coefficient (Wildman–Crippen LogP) is 7.07. The van der Waals surface area contributed by atoms with Gasteiger partial charge in [-0.3, -0.25) is 29.4 Å². The molecule has 360 valence electrons. The number of anilines is 1. The zero-order valence-electron chi connectivity index (χ0n) is 38.4. The maximum Gasteiger partial charge on any atom is 0.421 e. The number of hydrogen-bond donors (Lipinski definition) is 2. The highest BCUT2D eigenvalue weighted by Crippen LogP contribution is 2.66. The van der Waals surface area contributed by atoms with Crippen molar-refractivity contribution in [3.05, 3.63) is 208 Å². The Hall–Kier alpha value is -8.98. The molecule has 0 bridgehead atoms. The number of esters is 1. The van der Waals surface area contributed by atoms with Crippen LogP contribution in [0, 0.1) is 27.9 Å². The fourth-order valence-electron chi connectivity index (χ4n) is 10.3. The lowest BCUT2D eigenvalue weighted by atomic mass is 9.65. The lowest BCUT2D eigenvalue weighted by molar-refractivity contribution is -0.384. The molecule has 2 fully saturated rings. The van der Waals surface area contributed by atoms with Gasteiger partial charge in [-0.15, -0.1) is 11.7 Å². The molecule has 4 heterocycles. The van der Waals surface area contributed by atoms with Crippen LogP contribution < -0.4 is 15.0 Å². The Kier molecular flexibility index (Phi) is 12.8. The average Bonchev–Trinajstić information content (AvgIpc) is 4.05. The summed E-state index contributed by atoms with van der Waals surface area (Å²) in [5.41, 5.74) is 2.16. The quantitative estimate of drug-likeness (QED) is 0.0390. The number of cyclic esters (lactones) is 1. The van der Waals surface area contributed by atoms with Gasteiger partial charge in [0.25, 0.3) is 5.69 Å². The third-order valence-electron chi connectivity index (χ3n) is 13.3. The molecule has 17 nitrogen and oxygen atoms in total. The number of aliphatic hydroxyl groups is 1. The van der Waals surface area contributed by atoms with E-state index in [0.29, 0.717) is 39.1 Å². The molecule has 3 amide bonds. The number of aromatic nitrogens is 3. The highest BCUT2D eigenvalue weighted by molar-refractivity contribution is 6.23. The molecule has 0 aliphatic carbocycles. The number of aliphatic hydroxyl groups excluding tert-OH is 1. The lowest BCUT2D eigenvalue weighted by Gasteiger charge is -2.46. The van der Waals surface area contributed by atoms with Gasteiger partial charge in [0.15, 0.2) is 0 Å². The van der Waals surface area contributed by atoms with Crippen molar-refractivity contribution in [1.29, 1.82) is 0 Å². The molecule has 7 aromatic rings. The topological polar surface area (TPSA) is 209 Å². The Morgan fingerprint density at radius 1 is 0.875 bits per heavy atom. The van der Waals surface area contributed by atoms with E-state index in [1.165, 1.54) is 30.3 Å². The van der Waals surface area contributed by atoms with Gasteiger partial charge in [0, 0.05) is 24.2 Å². The molecule has 2 saturated heterocycles. The van der Waals surface area contributed by atoms with Crippen molar-refractivity contribution >= 4 is 46.3 Å². The molecule has 17 heteroatoms. The van der Waals surface area contributed by atoms with E-state index in [1.54, 1.807) is 47.1 Å². The number of morpholine rings is 1. The Balaban J connectivity index is 1.20. The van der Waals surface area contributed by atoms with Crippen molar-refractivity contribution in [3.8, 4) is 17.6 Å². The van der Waals surface area contributed by atoms with E-state index in [9.17, 15) is 20.0 Å². The molecular formula is C55H45N7O10. The predicted molar refractivity (Wildman–Crippen MR) is 262 cm³/mol. The van der Waals surface area contributed by atoms with Crippen molar-refractivity contribution in [1.82, 2.24) is 25.2 Å². The Morgan fingerprint density at radius 2 is 1.58 bits per heavy atom. The molecule has 3 aliphatic heterocycles. The zero-order valence-corrected chi connectivity index (χ0v) is 38.4. The van der Waals surface area contributed by atoms with Crippen LogP contribution in [-0.2, 0) is 42.4 Å². The number of nitrogens with one attached hydrogen (secondary N) is 1. The number of imide groups is 1. The largest absolute Gasteiger partial charge is 0.491 e. The number of nitro groups is 1. The molecular weight excluding hydrogens is 919 g/mol. The normalized spacial score (nSPS) is 21.0. The smallest absolute Gasteiger partial charge is 0.421 e. The Morgan fingerprint density at radius 3 is 2.29 bits per heavy atom. The van der Waals surface area contributed by atoms with Crippen molar-refractivity contribution in [3.63, 3.8) is 0 Å². The van der Waals surface area contributed by atoms with E-state index in [2.05, 4.69) is 34.0 Å². The number of hydrogen-bond acceptors (Lipinski definition) is 13. The summed E-state index contributed by atoms with van der Waals surface area (Å²) in [5.74, 6) is 2.88. The van der Waals surface area contributed by atoms with E-state index in [4.69, 9.17) is 14.2 Å². The molecule has 72 heavy (non-hydrogen) atoms. The summed E-state index contributed by atoms with van der Waals surface area (Å²) in [6.07, 6.45) is -0.572. The van der Waals surface area contributed by atoms with Crippen LogP contribution in [-0.4, -0.2) is 79.6 Å². The highest BCUT2D eigenvalue weighted by atomic mass is 16.6. The molecule has 6 aromatic carbocycles. The molecule has 1 spiro atoms. The van der Waals surface area contributed by atoms with E-state index < -0.39 is 64.4 Å². The summed E-state index contributed by atoms with van der Waals surface area (Å²) in [6, 6.07) is 39.7. The molecule has 3 aliphatic rings. The third-order valence-corrected chi connectivity index (χ3v) is 13.3. The van der Waals surface area contributed by atoms with Crippen LogP contribution in [0.3, 0.4) is 0 Å². The fourth-order valence-corrected chi connectivity index (χ4v) is 10.3. The Bertz CT molecular complexity index is 3280. The highest BCUT2D eigenvalue weighted by Gasteiger charge is 2.75. The number of rotatable bonds is 13. The van der Waals surface area contributed by atoms with Gasteiger partial charge in [0.2, 0.25) is 11.8 Å². The molecule has 10 rings (SSSR count). The maximum atomic E-state index is 16.5. The van der Waals surface area contributed by atoms with Crippen LogP contribution in [0.15, 0.2) is 164 Å². The molecule has 6 unspecified atom stereocenters. The summed E-state index contributed by atoms with van der Waals surface area (Å²) in [5, 5.41) is 32.4. The number of nitrogens with zero attached hydrogens (tertiary/aromatic N) is 6. The standard InChI is InChI=1S/C55H45N7O10/c1-2-29-56-51(64)46-48-52(65)72-49(38-15-7-4-8-16-38)47(37-13-5-3-6-14-37)61(48)50(39-22-26-41(27-23-39)70-32-31-63)55(46)42-33-35(12-11-30-59-45-18-10-9-17-43(45)57-58-59)21-28-44(42)60(53(55)66)54(67)71-34-36-19-24-40(25-20-36)62(68)69/h2-10,13-28,33,46-50,63H,1,29-32,34H2,(H,56,64). The van der Waals surface area contributed by atoms with Gasteiger partial charge in [-0.25, -0.2) is 14.4 Å². The number of ether oxygens (including phenoxy) is 3. The monoisotopic (exact) mass is 963 g/mol. The Labute approximate surface area is 412 Å². The first-order valence-corrected chi connectivity index (χ1v) is 23.1. The number of carbonyl (C=O) groups is 4. The van der Waals surface area contributed by atoms with Gasteiger partial charge < -0.3 is 24.6 Å². The van der Waals surface area contributed by atoms with E-state index in [0.717, 1.165) is 10.4 Å². The van der Waals surface area contributed by atoms with Crippen LogP contribution in [0.25, 0.3) is 11.0 Å². The fraction of sp³-hybridized carbons (Fsp3) is 0.200. The lowest BCUT2D eigenvalue weighted by Crippen LogP contribution is -2.55. The molecule has 2 N–H and O–H groups in total. The molecule has 1 aromatic heterocycles. The van der Waals surface area contributed by atoms with Gasteiger partial charge in [0.1, 0.15) is 48.6 Å². The second-order valence-electron chi connectivity index (χ2n) is 17.3. The van der Waals surface area contributed by atoms with Gasteiger partial charge in [-0.2, -0.15) is 0 Å². The molecule has 0 saturated carbocycles. The average molecular weight is 964 g/mol. The number of amides is 3. The summed E-state index contributed by atoms with van der Waals surface area (Å²) in [6.45, 7) is 3.31. The zero-order chi connectivity index (χ0) is 49.9. The van der Waals surface area contributed by atoms with Gasteiger partial charge in [-0.1, -0.05) is 108 Å². The number of nitro benzene ring substituents is 1. The van der Waals surface area contributed by atoms with Crippen molar-refractivity contribution < 1.29 is 43.4 Å². The maximum absolute atomic E-state index is 16.5. The van der Waals surface area contributed by atoms with Crippen LogP contribution in [0.5, 0.6) is 5.75 Å². The summed E-state index contributed by atoms with van der Waals surface area (Å²) < 4.78 is 19.8. The first kappa shape index (κ1) is 46.7. The first-order chi connectivity index (χ1) is 35.1. The van der Waals surface area contributed by atoms with Crippen LogP contribution in [0.4, 0.5) is 16.2 Å². The minimum atomic E-state index is -2.11. The minimum absolute atomic E-state index is 0.00684. The van der Waals surface area contributed by atoms with E-state index >= 15 is 14.4 Å². The van der Waals surface area contributed by atoms with E-state index in [1.807, 2.05) is 89.8 Å². The molecule has 6 atom stereocenters. The summed E-state index contributed by atoms with van der Waals surface area (Å²) in [4.78, 5) is 75.6. The van der Waals surface area contributed by atoms with Crippen molar-refractivity contribution in [2.24, 2.45) is 5.92 Å². The third kappa shape index (κ3) is 8.27. The first-order valence-electron chi connectivity index (χ1n) is 23.1. The second kappa shape index (κ2) is 19.8. The van der Waals surface area contributed by atoms with Crippen molar-refractivity contribution in [2.45, 2.75) is 42.8 Å². The summed E-state index contributed by atoms with van der Waals surface area (Å²) >= 11 is 0. The van der Waals surface area contributed by atoms with Crippen LogP contribution in [0.2, 0.25) is 0 Å².